The molecule has 4 N–H and O–H groups in total. The summed E-state index contributed by atoms with van der Waals surface area (Å²) in [6.45, 7) is 0.223. The van der Waals surface area contributed by atoms with Crippen LogP contribution in [0.3, 0.4) is 0 Å². The first kappa shape index (κ1) is 24.8. The Morgan fingerprint density at radius 2 is 1.84 bits per heavy atom. The summed E-state index contributed by atoms with van der Waals surface area (Å²) < 4.78 is 34.3. The maximum absolute atomic E-state index is 12.1. The fraction of sp³-hybridized carbons (Fsp3) is 0.400. The average molecular weight is 488 g/mol. The van der Waals surface area contributed by atoms with Crippen LogP contribution in [0.2, 0.25) is 5.02 Å². The van der Waals surface area contributed by atoms with Crippen LogP contribution in [0.5, 0.6) is 0 Å². The first-order valence-corrected chi connectivity index (χ1v) is 11.7. The van der Waals surface area contributed by atoms with Gasteiger partial charge in [0.1, 0.15) is 17.8 Å². The highest BCUT2D eigenvalue weighted by molar-refractivity contribution is 7.48. The van der Waals surface area contributed by atoms with E-state index in [1.807, 2.05) is 30.3 Å². The number of aliphatic hydroxyl groups excluding tert-OH is 2. The van der Waals surface area contributed by atoms with E-state index in [9.17, 15) is 19.6 Å². The van der Waals surface area contributed by atoms with Crippen LogP contribution in [-0.2, 0) is 22.9 Å². The smallest absolute Gasteiger partial charge is 0.387 e. The van der Waals surface area contributed by atoms with E-state index < -0.39 is 38.3 Å². The summed E-state index contributed by atoms with van der Waals surface area (Å²) in [5, 5.41) is 21.2. The number of ether oxygens (including phenoxy) is 1. The van der Waals surface area contributed by atoms with Crippen LogP contribution < -0.4 is 10.3 Å². The summed E-state index contributed by atoms with van der Waals surface area (Å²) in [7, 11) is -3.67. The molecule has 1 amide bonds. The molecule has 2 fully saturated rings. The molecule has 10 nitrogen and oxygen atoms in total. The topological polar surface area (TPSA) is 141 Å². The van der Waals surface area contributed by atoms with E-state index >= 15 is 0 Å². The second kappa shape index (κ2) is 11.3. The number of hydrogen-bond acceptors (Lipinski definition) is 8. The highest BCUT2D eigenvalue weighted by Gasteiger charge is 2.49. The minimum absolute atomic E-state index is 0.223. The van der Waals surface area contributed by atoms with Crippen molar-refractivity contribution in [3.8, 4) is 0 Å². The fourth-order valence-corrected chi connectivity index (χ4v) is 4.42. The predicted octanol–water partition coefficient (Wildman–Crippen LogP) is 1.59. The zero-order chi connectivity index (χ0) is 23.1. The predicted molar refractivity (Wildman–Crippen MR) is 113 cm³/mol. The Kier molecular flexibility index (Phi) is 8.75. The molecule has 32 heavy (non-hydrogen) atoms. The van der Waals surface area contributed by atoms with Gasteiger partial charge in [0.2, 0.25) is 0 Å². The average Bonchev–Trinajstić information content (AvgIpc) is 3.08. The molecule has 12 heteroatoms. The van der Waals surface area contributed by atoms with E-state index in [1.165, 1.54) is 16.8 Å². The van der Waals surface area contributed by atoms with Gasteiger partial charge in [0.05, 0.1) is 19.8 Å². The zero-order valence-electron chi connectivity index (χ0n) is 17.0. The Hall–Kier alpha value is -1.88. The number of benzene rings is 1. The number of phosphoric ester groups is 1. The molecule has 1 aromatic carbocycles. The minimum Gasteiger partial charge on any atom is -0.387 e. The molecule has 3 unspecified atom stereocenters. The fourth-order valence-electron chi connectivity index (χ4n) is 3.01. The maximum Gasteiger partial charge on any atom is 0.474 e. The van der Waals surface area contributed by atoms with E-state index in [-0.39, 0.29) is 25.4 Å². The van der Waals surface area contributed by atoms with E-state index in [0.29, 0.717) is 6.42 Å². The van der Waals surface area contributed by atoms with Gasteiger partial charge < -0.3 is 20.7 Å². The number of primary amides is 1. The van der Waals surface area contributed by atoms with Gasteiger partial charge in [-0.05, 0) is 24.6 Å². The number of phosphoric acid groups is 1. The molecule has 0 aliphatic carbocycles. The minimum atomic E-state index is -3.67. The van der Waals surface area contributed by atoms with Gasteiger partial charge in [0, 0.05) is 11.1 Å². The first-order chi connectivity index (χ1) is 15.3. The van der Waals surface area contributed by atoms with Gasteiger partial charge in [-0.25, -0.2) is 4.57 Å². The van der Waals surface area contributed by atoms with Gasteiger partial charge >= 0.3 is 7.82 Å². The molecule has 3 heterocycles. The molecule has 2 aliphatic heterocycles. The van der Waals surface area contributed by atoms with E-state index in [0.717, 1.165) is 5.02 Å². The summed E-state index contributed by atoms with van der Waals surface area (Å²) in [5.41, 5.74) is 5.45. The number of carbonyl (C=O) groups is 1. The Morgan fingerprint density at radius 1 is 1.16 bits per heavy atom. The van der Waals surface area contributed by atoms with Crippen LogP contribution in [-0.4, -0.2) is 54.3 Å². The number of aliphatic hydroxyl groups is 2. The van der Waals surface area contributed by atoms with Crippen LogP contribution in [0.4, 0.5) is 0 Å². The SMILES string of the molecule is Clc1ccccc1.NC(=O)c1ccc[n+](C2O[C@H](COP3(=O)OCCCO3)C(O)C2O)c1. The lowest BCUT2D eigenvalue weighted by atomic mass is 10.1. The quantitative estimate of drug-likeness (QED) is 0.426. The van der Waals surface area contributed by atoms with Gasteiger partial charge in [-0.3, -0.25) is 18.4 Å². The molecular formula is C20H25ClN2O8P+. The third-order valence-electron chi connectivity index (χ3n) is 4.66. The number of aromatic nitrogens is 1. The van der Waals surface area contributed by atoms with Crippen LogP contribution >= 0.6 is 19.4 Å². The van der Waals surface area contributed by atoms with E-state index in [1.54, 1.807) is 12.3 Å². The third kappa shape index (κ3) is 6.57. The molecular weight excluding hydrogens is 463 g/mol. The normalized spacial score (nSPS) is 26.7. The van der Waals surface area contributed by atoms with Crippen LogP contribution in [0.25, 0.3) is 0 Å². The molecule has 4 atom stereocenters. The molecule has 0 bridgehead atoms. The lowest BCUT2D eigenvalue weighted by Crippen LogP contribution is -2.46. The molecule has 2 aromatic rings. The van der Waals surface area contributed by atoms with Crippen molar-refractivity contribution in [3.63, 3.8) is 0 Å². The van der Waals surface area contributed by atoms with E-state index in [2.05, 4.69) is 0 Å². The van der Waals surface area contributed by atoms with Crippen molar-refractivity contribution in [3.05, 3.63) is 65.4 Å². The number of hydrogen-bond donors (Lipinski definition) is 3. The molecule has 4 rings (SSSR count). The van der Waals surface area contributed by atoms with Crippen LogP contribution in [0.15, 0.2) is 54.9 Å². The molecule has 0 radical (unpaired) electrons. The van der Waals surface area contributed by atoms with Crippen molar-refractivity contribution in [1.29, 1.82) is 0 Å². The summed E-state index contributed by atoms with van der Waals surface area (Å²) in [6.07, 6.45) is -0.902. The number of carbonyl (C=O) groups excluding carboxylic acids is 1. The van der Waals surface area contributed by atoms with Crippen molar-refractivity contribution in [1.82, 2.24) is 0 Å². The number of amides is 1. The second-order valence-corrected chi connectivity index (χ2v) is 9.11. The number of pyridine rings is 1. The summed E-state index contributed by atoms with van der Waals surface area (Å²) in [5.74, 6) is -0.632. The Balaban J connectivity index is 0.000000352. The van der Waals surface area contributed by atoms with Crippen molar-refractivity contribution < 1.29 is 42.4 Å². The molecule has 0 saturated carbocycles. The summed E-state index contributed by atoms with van der Waals surface area (Å²) >= 11 is 5.54. The molecule has 1 aromatic heterocycles. The Morgan fingerprint density at radius 3 is 2.44 bits per heavy atom. The van der Waals surface area contributed by atoms with Gasteiger partial charge in [0.25, 0.3) is 12.1 Å². The Labute approximate surface area is 190 Å². The lowest BCUT2D eigenvalue weighted by molar-refractivity contribution is -0.765. The van der Waals surface area contributed by atoms with Gasteiger partial charge in [-0.15, -0.1) is 0 Å². The van der Waals surface area contributed by atoms with Gasteiger partial charge in [0.15, 0.2) is 18.5 Å². The molecule has 2 aliphatic rings. The van der Waals surface area contributed by atoms with Gasteiger partial charge in [-0.2, -0.15) is 4.57 Å². The van der Waals surface area contributed by atoms with Crippen LogP contribution in [0, 0.1) is 0 Å². The highest BCUT2D eigenvalue weighted by atomic mass is 35.5. The zero-order valence-corrected chi connectivity index (χ0v) is 18.7. The molecule has 174 valence electrons. The molecule has 2 saturated heterocycles. The molecule has 0 spiro atoms. The Bertz CT molecular complexity index is 940. The number of rotatable bonds is 5. The summed E-state index contributed by atoms with van der Waals surface area (Å²) in [6, 6.07) is 12.5. The number of nitrogens with zero attached hydrogens (tertiary/aromatic N) is 1. The van der Waals surface area contributed by atoms with E-state index in [4.69, 9.17) is 35.6 Å². The van der Waals surface area contributed by atoms with Crippen molar-refractivity contribution in [2.24, 2.45) is 5.73 Å². The largest absolute Gasteiger partial charge is 0.474 e. The maximum atomic E-state index is 12.1. The number of halogens is 1. The van der Waals surface area contributed by atoms with Crippen molar-refractivity contribution in [2.75, 3.05) is 19.8 Å². The van der Waals surface area contributed by atoms with Crippen molar-refractivity contribution in [2.45, 2.75) is 31.0 Å². The number of nitrogens with two attached hydrogens (primary N) is 1. The summed E-state index contributed by atoms with van der Waals surface area (Å²) in [4.78, 5) is 11.3. The second-order valence-electron chi connectivity index (χ2n) is 7.01. The first-order valence-electron chi connectivity index (χ1n) is 9.85. The standard InChI is InChI=1S/C14H19N2O8P.C6H5Cl/c15-13(19)9-3-1-4-16(7-9)14-12(18)11(17)10(24-14)8-23-25(20)21-5-2-6-22-25;7-6-4-2-1-3-5-6/h1,3-4,7,10-12,14,17-18H,2,5-6,8H2,(H-,15,19);1-5H/p+1/t10-,11?,12?,14?;/m1./s1. The van der Waals surface area contributed by atoms with Crippen LogP contribution in [0.1, 0.15) is 23.0 Å². The highest BCUT2D eigenvalue weighted by Crippen LogP contribution is 2.52. The van der Waals surface area contributed by atoms with Crippen molar-refractivity contribution >= 4 is 25.3 Å². The lowest BCUT2D eigenvalue weighted by Gasteiger charge is -2.23. The monoisotopic (exact) mass is 487 g/mol. The third-order valence-corrected chi connectivity index (χ3v) is 6.37. The van der Waals surface area contributed by atoms with Gasteiger partial charge in [-0.1, -0.05) is 29.8 Å².